The van der Waals surface area contributed by atoms with Crippen LogP contribution in [0, 0.1) is 26.7 Å². The molecule has 1 aliphatic rings. The van der Waals surface area contributed by atoms with Crippen molar-refractivity contribution in [2.45, 2.75) is 92.2 Å². The number of ether oxygens (including phenoxy) is 3. The molecule has 1 amide bonds. The molecule has 222 valence electrons. The largest absolute Gasteiger partial charge is 0.481 e. The summed E-state index contributed by atoms with van der Waals surface area (Å²) in [5.41, 5.74) is 4.51. The van der Waals surface area contributed by atoms with Crippen LogP contribution in [0.5, 0.6) is 5.88 Å². The van der Waals surface area contributed by atoms with Gasteiger partial charge < -0.3 is 24.4 Å². The van der Waals surface area contributed by atoms with Crippen molar-refractivity contribution in [2.75, 3.05) is 33.9 Å². The number of rotatable bonds is 11. The Morgan fingerprint density at radius 3 is 2.42 bits per heavy atom. The third-order valence-electron chi connectivity index (χ3n) is 7.44. The fourth-order valence-electron chi connectivity index (χ4n) is 5.27. The number of methoxy groups -OCH3 is 2. The lowest BCUT2D eigenvalue weighted by atomic mass is 9.91. The number of nitrogens with zero attached hydrogens (tertiary/aromatic N) is 2. The van der Waals surface area contributed by atoms with E-state index in [-0.39, 0.29) is 12.1 Å². The summed E-state index contributed by atoms with van der Waals surface area (Å²) in [6, 6.07) is 2.07. The molecule has 2 aromatic rings. The van der Waals surface area contributed by atoms with Crippen LogP contribution in [0.1, 0.15) is 89.0 Å². The van der Waals surface area contributed by atoms with E-state index in [4.69, 9.17) is 14.2 Å². The van der Waals surface area contributed by atoms with E-state index in [0.717, 1.165) is 85.4 Å². The number of esters is 1. The molecule has 1 saturated heterocycles. The van der Waals surface area contributed by atoms with E-state index in [9.17, 15) is 9.59 Å². The maximum atomic E-state index is 12.7. The van der Waals surface area contributed by atoms with Gasteiger partial charge in [0, 0.05) is 40.6 Å². The highest BCUT2D eigenvalue weighted by atomic mass is 32.1. The Bertz CT molecular complexity index is 1160. The second kappa shape index (κ2) is 14.3. The first kappa shape index (κ1) is 31.9. The Labute approximate surface area is 243 Å². The number of aryl methyl sites for hydroxylation is 4. The molecule has 0 unspecified atom stereocenters. The minimum Gasteiger partial charge on any atom is -0.481 e. The average Bonchev–Trinajstić information content (AvgIpc) is 3.21. The van der Waals surface area contributed by atoms with E-state index in [1.54, 1.807) is 18.4 Å². The van der Waals surface area contributed by atoms with Gasteiger partial charge in [-0.2, -0.15) is 0 Å². The Kier molecular flexibility index (Phi) is 11.4. The van der Waals surface area contributed by atoms with Gasteiger partial charge in [0.05, 0.1) is 19.8 Å². The summed E-state index contributed by atoms with van der Waals surface area (Å²) in [4.78, 5) is 33.8. The quantitative estimate of drug-likeness (QED) is 0.254. The molecule has 1 fully saturated rings. The Morgan fingerprint density at radius 1 is 1.10 bits per heavy atom. The van der Waals surface area contributed by atoms with Crippen LogP contribution < -0.4 is 10.1 Å². The maximum Gasteiger partial charge on any atom is 0.410 e. The molecule has 0 aliphatic carbocycles. The molecule has 9 heteroatoms. The van der Waals surface area contributed by atoms with Crippen molar-refractivity contribution < 1.29 is 23.8 Å². The molecule has 0 radical (unpaired) electrons. The number of nitrogens with one attached hydrogen (secondary N) is 1. The molecule has 0 saturated carbocycles. The van der Waals surface area contributed by atoms with Gasteiger partial charge in [-0.15, -0.1) is 11.3 Å². The van der Waals surface area contributed by atoms with E-state index < -0.39 is 5.60 Å². The smallest absolute Gasteiger partial charge is 0.410 e. The molecule has 0 atom stereocenters. The van der Waals surface area contributed by atoms with Crippen LogP contribution in [0.3, 0.4) is 0 Å². The van der Waals surface area contributed by atoms with Gasteiger partial charge in [-0.1, -0.05) is 0 Å². The fourth-order valence-corrected chi connectivity index (χ4v) is 6.63. The zero-order chi connectivity index (χ0) is 29.4. The molecule has 8 nitrogen and oxygen atoms in total. The second-order valence-electron chi connectivity index (χ2n) is 11.7. The first-order valence-corrected chi connectivity index (χ1v) is 15.1. The van der Waals surface area contributed by atoms with Crippen LogP contribution >= 0.6 is 11.3 Å². The molecule has 2 aromatic heterocycles. The zero-order valence-corrected chi connectivity index (χ0v) is 26.4. The number of pyridine rings is 1. The average molecular weight is 574 g/mol. The summed E-state index contributed by atoms with van der Waals surface area (Å²) in [6.07, 6.45) is 5.46. The number of carbonyl (C=O) groups excluding carboxylic acids is 2. The van der Waals surface area contributed by atoms with Crippen molar-refractivity contribution in [1.29, 1.82) is 0 Å². The highest BCUT2D eigenvalue weighted by Crippen LogP contribution is 2.33. The molecule has 0 spiro atoms. The Hall–Kier alpha value is -2.65. The molecular weight excluding hydrogens is 526 g/mol. The predicted octanol–water partition coefficient (Wildman–Crippen LogP) is 6.17. The van der Waals surface area contributed by atoms with Crippen LogP contribution in [-0.4, -0.2) is 61.4 Å². The highest BCUT2D eigenvalue weighted by molar-refractivity contribution is 7.12. The number of aromatic nitrogens is 1. The molecular formula is C31H47N3O5S. The van der Waals surface area contributed by atoms with E-state index in [1.165, 1.54) is 17.6 Å². The van der Waals surface area contributed by atoms with Gasteiger partial charge in [-0.05, 0) is 110 Å². The second-order valence-corrected chi connectivity index (χ2v) is 12.9. The van der Waals surface area contributed by atoms with Crippen molar-refractivity contribution >= 4 is 23.4 Å². The standard InChI is InChI=1S/C31H47N3O5S/c1-20-18-21(2)33-28(37-7)24(20)19-32-15-9-10-26-27(29(35)38-8)22(3)25(40-26)12-11-23-13-16-34(17-14-23)30(36)39-31(4,5)6/h18,23,32H,9-17,19H2,1-8H3. The molecule has 40 heavy (non-hydrogen) atoms. The summed E-state index contributed by atoms with van der Waals surface area (Å²) in [7, 11) is 3.11. The van der Waals surface area contributed by atoms with Crippen molar-refractivity contribution in [3.8, 4) is 5.88 Å². The van der Waals surface area contributed by atoms with Gasteiger partial charge in [0.1, 0.15) is 5.60 Å². The van der Waals surface area contributed by atoms with Gasteiger partial charge in [-0.25, -0.2) is 14.6 Å². The number of hydrogen-bond donors (Lipinski definition) is 1. The molecule has 1 aliphatic heterocycles. The van der Waals surface area contributed by atoms with Crippen LogP contribution in [0.25, 0.3) is 0 Å². The van der Waals surface area contributed by atoms with Crippen LogP contribution in [0.4, 0.5) is 4.79 Å². The summed E-state index contributed by atoms with van der Waals surface area (Å²) in [5, 5.41) is 3.51. The van der Waals surface area contributed by atoms with E-state index >= 15 is 0 Å². The number of piperidine rings is 1. The number of likely N-dealkylation sites (tertiary alicyclic amines) is 1. The van der Waals surface area contributed by atoms with Crippen LogP contribution in [0.15, 0.2) is 6.07 Å². The number of thiophene rings is 1. The van der Waals surface area contributed by atoms with Gasteiger partial charge in [0.15, 0.2) is 0 Å². The Morgan fingerprint density at radius 2 is 1.80 bits per heavy atom. The topological polar surface area (TPSA) is 90.0 Å². The first-order chi connectivity index (χ1) is 18.9. The van der Waals surface area contributed by atoms with Crippen molar-refractivity contribution in [3.63, 3.8) is 0 Å². The summed E-state index contributed by atoms with van der Waals surface area (Å²) in [6.45, 7) is 14.8. The third-order valence-corrected chi connectivity index (χ3v) is 8.86. The van der Waals surface area contributed by atoms with Crippen LogP contribution in [0.2, 0.25) is 0 Å². The third kappa shape index (κ3) is 8.67. The SMILES string of the molecule is COC(=O)c1c(CCCNCc2c(C)cc(C)nc2OC)sc(CCC2CCN(C(=O)OC(C)(C)C)CC2)c1C. The first-order valence-electron chi connectivity index (χ1n) is 14.3. The monoisotopic (exact) mass is 573 g/mol. The molecule has 3 rings (SSSR count). The lowest BCUT2D eigenvalue weighted by molar-refractivity contribution is 0.0181. The van der Waals surface area contributed by atoms with Gasteiger partial charge in [0.2, 0.25) is 5.88 Å². The van der Waals surface area contributed by atoms with Gasteiger partial charge in [0.25, 0.3) is 0 Å². The van der Waals surface area contributed by atoms with Gasteiger partial charge >= 0.3 is 12.1 Å². The molecule has 0 bridgehead atoms. The minimum atomic E-state index is -0.471. The van der Waals surface area contributed by atoms with Gasteiger partial charge in [-0.3, -0.25) is 0 Å². The number of carbonyl (C=O) groups is 2. The molecule has 0 aromatic carbocycles. The Balaban J connectivity index is 1.53. The van der Waals surface area contributed by atoms with E-state index in [0.29, 0.717) is 18.3 Å². The predicted molar refractivity (Wildman–Crippen MR) is 160 cm³/mol. The maximum absolute atomic E-state index is 12.7. The molecule has 1 N–H and O–H groups in total. The number of hydrogen-bond acceptors (Lipinski definition) is 8. The zero-order valence-electron chi connectivity index (χ0n) is 25.6. The van der Waals surface area contributed by atoms with E-state index in [1.807, 2.05) is 39.5 Å². The summed E-state index contributed by atoms with van der Waals surface area (Å²) >= 11 is 1.75. The molecule has 3 heterocycles. The summed E-state index contributed by atoms with van der Waals surface area (Å²) in [5.74, 6) is 0.984. The van der Waals surface area contributed by atoms with Crippen LogP contribution in [-0.2, 0) is 28.9 Å². The fraction of sp³-hybridized carbons (Fsp3) is 0.645. The van der Waals surface area contributed by atoms with Crippen molar-refractivity contribution in [1.82, 2.24) is 15.2 Å². The van der Waals surface area contributed by atoms with E-state index in [2.05, 4.69) is 23.3 Å². The minimum absolute atomic E-state index is 0.216. The highest BCUT2D eigenvalue weighted by Gasteiger charge is 2.28. The lowest BCUT2D eigenvalue weighted by Crippen LogP contribution is -2.41. The van der Waals surface area contributed by atoms with Crippen molar-refractivity contribution in [3.05, 3.63) is 43.8 Å². The lowest BCUT2D eigenvalue weighted by Gasteiger charge is -2.33. The van der Waals surface area contributed by atoms with Crippen molar-refractivity contribution in [2.24, 2.45) is 5.92 Å². The normalized spacial score (nSPS) is 14.3. The number of amides is 1. The summed E-state index contributed by atoms with van der Waals surface area (Å²) < 4.78 is 16.2.